The molecule has 0 aliphatic carbocycles. The summed E-state index contributed by atoms with van der Waals surface area (Å²) in [6.45, 7) is 3.85. The summed E-state index contributed by atoms with van der Waals surface area (Å²) in [6.07, 6.45) is 0. The Hall–Kier alpha value is -3.65. The summed E-state index contributed by atoms with van der Waals surface area (Å²) in [5, 5.41) is 0.919. The number of aryl methyl sites for hydroxylation is 2. The molecule has 162 valence electrons. The number of hydrogen-bond donors (Lipinski definition) is 0. The molecule has 0 N–H and O–H groups in total. The van der Waals surface area contributed by atoms with Crippen LogP contribution >= 0.6 is 11.3 Å². The molecule has 0 radical (unpaired) electrons. The van der Waals surface area contributed by atoms with Gasteiger partial charge in [-0.25, -0.2) is 4.98 Å². The highest BCUT2D eigenvalue weighted by Crippen LogP contribution is 2.43. The molecule has 1 atom stereocenters. The van der Waals surface area contributed by atoms with Gasteiger partial charge in [0, 0.05) is 10.9 Å². The molecule has 0 saturated heterocycles. The van der Waals surface area contributed by atoms with Gasteiger partial charge in [0.1, 0.15) is 17.1 Å². The van der Waals surface area contributed by atoms with Crippen LogP contribution in [0.25, 0.3) is 11.0 Å². The molecule has 0 bridgehead atoms. The predicted octanol–water partition coefficient (Wildman–Crippen LogP) is 4.63. The average molecular weight is 449 g/mol. The van der Waals surface area contributed by atoms with Crippen LogP contribution in [-0.4, -0.2) is 25.1 Å². The first-order valence-electron chi connectivity index (χ1n) is 9.99. The number of rotatable bonds is 4. The lowest BCUT2D eigenvalue weighted by atomic mass is 9.98. The summed E-state index contributed by atoms with van der Waals surface area (Å²) < 4.78 is 16.5. The van der Waals surface area contributed by atoms with E-state index in [9.17, 15) is 9.59 Å². The Morgan fingerprint density at radius 3 is 2.31 bits per heavy atom. The highest BCUT2D eigenvalue weighted by atomic mass is 32.1. The third-order valence-electron chi connectivity index (χ3n) is 5.73. The highest BCUT2D eigenvalue weighted by molar-refractivity contribution is 7.15. The van der Waals surface area contributed by atoms with Gasteiger partial charge in [-0.15, -0.1) is 11.3 Å². The first kappa shape index (κ1) is 20.3. The van der Waals surface area contributed by atoms with Crippen molar-refractivity contribution in [3.05, 3.63) is 80.1 Å². The molecule has 0 spiro atoms. The topological polar surface area (TPSA) is 81.9 Å². The molecule has 1 unspecified atom stereocenters. The van der Waals surface area contributed by atoms with E-state index in [2.05, 4.69) is 4.98 Å². The fourth-order valence-electron chi connectivity index (χ4n) is 3.94. The van der Waals surface area contributed by atoms with E-state index in [-0.39, 0.29) is 11.2 Å². The van der Waals surface area contributed by atoms with Gasteiger partial charge in [0.25, 0.3) is 5.91 Å². The van der Waals surface area contributed by atoms with Gasteiger partial charge in [0.05, 0.1) is 36.9 Å². The van der Waals surface area contributed by atoms with E-state index in [0.717, 1.165) is 16.1 Å². The molecular formula is C24H20N2O5S. The zero-order valence-electron chi connectivity index (χ0n) is 18.0. The molecule has 4 aromatic rings. The van der Waals surface area contributed by atoms with Gasteiger partial charge >= 0.3 is 0 Å². The highest BCUT2D eigenvalue weighted by Gasteiger charge is 2.45. The van der Waals surface area contributed by atoms with Crippen molar-refractivity contribution in [1.82, 2.24) is 4.98 Å². The Kier molecular flexibility index (Phi) is 4.74. The fourth-order valence-corrected chi connectivity index (χ4v) is 4.87. The summed E-state index contributed by atoms with van der Waals surface area (Å²) >= 11 is 1.41. The quantitative estimate of drug-likeness (QED) is 0.453. The van der Waals surface area contributed by atoms with E-state index in [4.69, 9.17) is 13.9 Å². The summed E-state index contributed by atoms with van der Waals surface area (Å²) in [7, 11) is 3.12. The molecule has 2 aromatic carbocycles. The Bertz CT molecular complexity index is 1400. The molecule has 8 heteroatoms. The number of amides is 1. The number of anilines is 1. The molecule has 0 saturated carbocycles. The van der Waals surface area contributed by atoms with Crippen molar-refractivity contribution < 1.29 is 18.7 Å². The van der Waals surface area contributed by atoms with E-state index in [0.29, 0.717) is 33.2 Å². The summed E-state index contributed by atoms with van der Waals surface area (Å²) in [6, 6.07) is 11.6. The van der Waals surface area contributed by atoms with Gasteiger partial charge in [-0.2, -0.15) is 0 Å². The fraction of sp³-hybridized carbons (Fsp3) is 0.208. The molecule has 2 aromatic heterocycles. The SMILES string of the molecule is COc1ccc(C2c3c(oc4cc(OC)ccc4c3=O)C(=O)N2c2nc(C)c(C)s2)cc1. The first-order chi connectivity index (χ1) is 15.4. The van der Waals surface area contributed by atoms with Crippen LogP contribution in [0.15, 0.2) is 51.7 Å². The van der Waals surface area contributed by atoms with E-state index in [1.54, 1.807) is 30.2 Å². The third kappa shape index (κ3) is 2.98. The Morgan fingerprint density at radius 1 is 1.00 bits per heavy atom. The van der Waals surface area contributed by atoms with Gasteiger partial charge in [0.15, 0.2) is 10.6 Å². The Labute approximate surface area is 187 Å². The standard InChI is InChI=1S/C24H20N2O5S/c1-12-13(2)32-24(25-12)26-20(14-5-7-15(29-3)8-6-14)19-21(27)17-10-9-16(30-4)11-18(17)31-22(19)23(26)28/h5-11,20H,1-4H3. The van der Waals surface area contributed by atoms with Crippen LogP contribution in [0.3, 0.4) is 0 Å². The van der Waals surface area contributed by atoms with Crippen LogP contribution in [0.2, 0.25) is 0 Å². The molecule has 0 fully saturated rings. The van der Waals surface area contributed by atoms with Crippen LogP contribution in [0.1, 0.15) is 38.3 Å². The molecule has 3 heterocycles. The number of methoxy groups -OCH3 is 2. The zero-order valence-corrected chi connectivity index (χ0v) is 18.8. The van der Waals surface area contributed by atoms with E-state index in [1.807, 2.05) is 38.1 Å². The van der Waals surface area contributed by atoms with Crippen molar-refractivity contribution >= 4 is 33.3 Å². The number of fused-ring (bicyclic) bond motifs is 2. The lowest BCUT2D eigenvalue weighted by Gasteiger charge is -2.22. The van der Waals surface area contributed by atoms with Crippen molar-refractivity contribution in [3.63, 3.8) is 0 Å². The van der Waals surface area contributed by atoms with E-state index < -0.39 is 11.9 Å². The lowest BCUT2D eigenvalue weighted by molar-refractivity contribution is 0.0971. The maximum Gasteiger partial charge on any atom is 0.297 e. The number of aromatic nitrogens is 1. The molecule has 1 aliphatic rings. The van der Waals surface area contributed by atoms with Crippen LogP contribution in [0, 0.1) is 13.8 Å². The Morgan fingerprint density at radius 2 is 1.69 bits per heavy atom. The molecular weight excluding hydrogens is 428 g/mol. The van der Waals surface area contributed by atoms with Crippen molar-refractivity contribution in [2.45, 2.75) is 19.9 Å². The van der Waals surface area contributed by atoms with Crippen molar-refractivity contribution in [2.24, 2.45) is 0 Å². The molecule has 7 nitrogen and oxygen atoms in total. The van der Waals surface area contributed by atoms with Crippen molar-refractivity contribution in [1.29, 1.82) is 0 Å². The maximum absolute atomic E-state index is 13.6. The van der Waals surface area contributed by atoms with Crippen molar-refractivity contribution in [2.75, 3.05) is 19.1 Å². The smallest absolute Gasteiger partial charge is 0.297 e. The van der Waals surface area contributed by atoms with Gasteiger partial charge in [-0.05, 0) is 43.7 Å². The van der Waals surface area contributed by atoms with Crippen LogP contribution in [-0.2, 0) is 0 Å². The van der Waals surface area contributed by atoms with E-state index >= 15 is 0 Å². The number of nitrogens with zero attached hydrogens (tertiary/aromatic N) is 2. The average Bonchev–Trinajstić information content (AvgIpc) is 3.29. The van der Waals surface area contributed by atoms with Crippen LogP contribution in [0.5, 0.6) is 11.5 Å². The molecule has 32 heavy (non-hydrogen) atoms. The minimum absolute atomic E-state index is 0.0297. The van der Waals surface area contributed by atoms with Crippen LogP contribution in [0.4, 0.5) is 5.13 Å². The zero-order chi connectivity index (χ0) is 22.6. The second-order valence-electron chi connectivity index (χ2n) is 7.52. The third-order valence-corrected chi connectivity index (χ3v) is 6.81. The van der Waals surface area contributed by atoms with Gasteiger partial charge < -0.3 is 13.9 Å². The lowest BCUT2D eigenvalue weighted by Crippen LogP contribution is -2.29. The second kappa shape index (κ2) is 7.49. The van der Waals surface area contributed by atoms with Crippen molar-refractivity contribution in [3.8, 4) is 11.5 Å². The number of carbonyl (C=O) groups is 1. The van der Waals surface area contributed by atoms with Gasteiger partial charge in [-0.3, -0.25) is 14.5 Å². The number of benzene rings is 2. The number of carbonyl (C=O) groups excluding carboxylic acids is 1. The summed E-state index contributed by atoms with van der Waals surface area (Å²) in [5.41, 5.74) is 1.98. The number of ether oxygens (including phenoxy) is 2. The minimum Gasteiger partial charge on any atom is -0.497 e. The number of hydrogen-bond acceptors (Lipinski definition) is 7. The summed E-state index contributed by atoms with van der Waals surface area (Å²) in [5.74, 6) is 0.864. The second-order valence-corrected chi connectivity index (χ2v) is 8.71. The van der Waals surface area contributed by atoms with Gasteiger partial charge in [0.2, 0.25) is 5.76 Å². The minimum atomic E-state index is -0.656. The Balaban J connectivity index is 1.78. The molecule has 1 amide bonds. The first-order valence-corrected chi connectivity index (χ1v) is 10.8. The normalized spacial score (nSPS) is 15.3. The number of thiazole rings is 1. The molecule has 1 aliphatic heterocycles. The predicted molar refractivity (Wildman–Crippen MR) is 122 cm³/mol. The van der Waals surface area contributed by atoms with Gasteiger partial charge in [-0.1, -0.05) is 12.1 Å². The monoisotopic (exact) mass is 448 g/mol. The maximum atomic E-state index is 13.6. The van der Waals surface area contributed by atoms with Crippen LogP contribution < -0.4 is 19.8 Å². The molecule has 5 rings (SSSR count). The summed E-state index contributed by atoms with van der Waals surface area (Å²) in [4.78, 5) is 34.3. The largest absolute Gasteiger partial charge is 0.497 e. The van der Waals surface area contributed by atoms with E-state index in [1.165, 1.54) is 18.4 Å².